The van der Waals surface area contributed by atoms with Crippen molar-refractivity contribution in [2.45, 2.75) is 25.4 Å². The van der Waals surface area contributed by atoms with E-state index in [2.05, 4.69) is 9.80 Å². The Morgan fingerprint density at radius 2 is 1.95 bits per heavy atom. The highest BCUT2D eigenvalue weighted by atomic mass is 16.6. The molecule has 1 saturated carbocycles. The molecule has 108 valence electrons. The zero-order valence-electron chi connectivity index (χ0n) is 11.5. The smallest absolute Gasteiger partial charge is 0.292 e. The van der Waals surface area contributed by atoms with Gasteiger partial charge in [-0.3, -0.25) is 19.9 Å². The van der Waals surface area contributed by atoms with E-state index in [1.165, 1.54) is 18.9 Å². The molecule has 0 bridgehead atoms. The van der Waals surface area contributed by atoms with E-state index in [0.717, 1.165) is 44.3 Å². The molecular weight excluding hydrogens is 256 g/mol. The first-order valence-electron chi connectivity index (χ1n) is 7.12. The van der Waals surface area contributed by atoms with E-state index in [0.29, 0.717) is 0 Å². The Hall–Kier alpha value is -1.66. The minimum absolute atomic E-state index is 0.00713. The lowest BCUT2D eigenvalue weighted by Gasteiger charge is -2.34. The number of nitrogen functional groups attached to an aromatic ring is 1. The SMILES string of the molecule is Nc1cc(CN2CCN(C3CC3)CC2)ccc1[N+](=O)[O-]. The molecule has 0 atom stereocenters. The Kier molecular flexibility index (Phi) is 3.58. The van der Waals surface area contributed by atoms with Crippen molar-refractivity contribution < 1.29 is 4.92 Å². The largest absolute Gasteiger partial charge is 0.393 e. The maximum atomic E-state index is 10.7. The first-order chi connectivity index (χ1) is 9.63. The second-order valence-electron chi connectivity index (χ2n) is 5.69. The zero-order chi connectivity index (χ0) is 14.1. The minimum atomic E-state index is -0.437. The number of rotatable bonds is 4. The van der Waals surface area contributed by atoms with Crippen LogP contribution in [0.1, 0.15) is 18.4 Å². The second kappa shape index (κ2) is 5.38. The molecule has 6 heteroatoms. The van der Waals surface area contributed by atoms with Crippen molar-refractivity contribution >= 4 is 11.4 Å². The van der Waals surface area contributed by atoms with Crippen LogP contribution in [0.4, 0.5) is 11.4 Å². The van der Waals surface area contributed by atoms with Crippen molar-refractivity contribution in [3.63, 3.8) is 0 Å². The molecule has 2 N–H and O–H groups in total. The number of anilines is 1. The summed E-state index contributed by atoms with van der Waals surface area (Å²) in [7, 11) is 0. The van der Waals surface area contributed by atoms with E-state index >= 15 is 0 Å². The van der Waals surface area contributed by atoms with Gasteiger partial charge < -0.3 is 5.73 Å². The van der Waals surface area contributed by atoms with Crippen LogP contribution in [-0.2, 0) is 6.54 Å². The number of piperazine rings is 1. The van der Waals surface area contributed by atoms with Crippen LogP contribution in [0.5, 0.6) is 0 Å². The molecule has 2 fully saturated rings. The quantitative estimate of drug-likeness (QED) is 0.512. The Balaban J connectivity index is 1.58. The second-order valence-corrected chi connectivity index (χ2v) is 5.69. The zero-order valence-corrected chi connectivity index (χ0v) is 11.5. The molecule has 0 amide bonds. The highest BCUT2D eigenvalue weighted by Gasteiger charge is 2.31. The summed E-state index contributed by atoms with van der Waals surface area (Å²) in [4.78, 5) is 15.3. The van der Waals surface area contributed by atoms with Gasteiger partial charge in [-0.1, -0.05) is 6.07 Å². The minimum Gasteiger partial charge on any atom is -0.393 e. The molecule has 1 aliphatic carbocycles. The van der Waals surface area contributed by atoms with Crippen LogP contribution in [0, 0.1) is 10.1 Å². The summed E-state index contributed by atoms with van der Waals surface area (Å²) >= 11 is 0. The van der Waals surface area contributed by atoms with Crippen LogP contribution >= 0.6 is 0 Å². The number of nitro groups is 1. The van der Waals surface area contributed by atoms with Gasteiger partial charge in [-0.25, -0.2) is 0 Å². The van der Waals surface area contributed by atoms with Gasteiger partial charge in [0.15, 0.2) is 0 Å². The number of nitro benzene ring substituents is 1. The molecule has 1 aromatic rings. The average molecular weight is 276 g/mol. The normalized spacial score (nSPS) is 21.0. The van der Waals surface area contributed by atoms with Gasteiger partial charge in [-0.05, 0) is 24.5 Å². The van der Waals surface area contributed by atoms with Crippen molar-refractivity contribution in [2.24, 2.45) is 0 Å². The van der Waals surface area contributed by atoms with Crippen molar-refractivity contribution in [3.05, 3.63) is 33.9 Å². The summed E-state index contributed by atoms with van der Waals surface area (Å²) in [5.74, 6) is 0. The van der Waals surface area contributed by atoms with Gasteiger partial charge in [0.1, 0.15) is 5.69 Å². The Labute approximate surface area is 118 Å². The number of hydrogen-bond acceptors (Lipinski definition) is 5. The lowest BCUT2D eigenvalue weighted by Crippen LogP contribution is -2.46. The highest BCUT2D eigenvalue weighted by Crippen LogP contribution is 2.28. The van der Waals surface area contributed by atoms with Crippen LogP contribution in [0.25, 0.3) is 0 Å². The number of nitrogens with two attached hydrogens (primary N) is 1. The molecule has 3 rings (SSSR count). The fourth-order valence-electron chi connectivity index (χ4n) is 2.85. The molecule has 0 unspecified atom stereocenters. The van der Waals surface area contributed by atoms with Crippen molar-refractivity contribution in [2.75, 3.05) is 31.9 Å². The molecule has 0 aromatic heterocycles. The van der Waals surface area contributed by atoms with Crippen molar-refractivity contribution in [1.29, 1.82) is 0 Å². The molecule has 20 heavy (non-hydrogen) atoms. The molecule has 0 radical (unpaired) electrons. The maximum Gasteiger partial charge on any atom is 0.292 e. The summed E-state index contributed by atoms with van der Waals surface area (Å²) in [6.07, 6.45) is 2.72. The van der Waals surface area contributed by atoms with Crippen molar-refractivity contribution in [3.8, 4) is 0 Å². The average Bonchev–Trinajstić information content (AvgIpc) is 3.23. The topological polar surface area (TPSA) is 75.6 Å². The third kappa shape index (κ3) is 2.91. The van der Waals surface area contributed by atoms with Crippen LogP contribution < -0.4 is 5.73 Å². The maximum absolute atomic E-state index is 10.7. The van der Waals surface area contributed by atoms with Gasteiger partial charge in [0.2, 0.25) is 0 Å². The van der Waals surface area contributed by atoms with Gasteiger partial charge in [0.25, 0.3) is 5.69 Å². The summed E-state index contributed by atoms with van der Waals surface area (Å²) in [5, 5.41) is 10.7. The van der Waals surface area contributed by atoms with Gasteiger partial charge in [0, 0.05) is 44.8 Å². The Bertz CT molecular complexity index is 508. The van der Waals surface area contributed by atoms with Gasteiger partial charge in [-0.15, -0.1) is 0 Å². The third-order valence-electron chi connectivity index (χ3n) is 4.16. The van der Waals surface area contributed by atoms with Crippen LogP contribution in [0.2, 0.25) is 0 Å². The van der Waals surface area contributed by atoms with E-state index in [-0.39, 0.29) is 11.4 Å². The fraction of sp³-hybridized carbons (Fsp3) is 0.571. The summed E-state index contributed by atoms with van der Waals surface area (Å²) in [6, 6.07) is 5.88. The van der Waals surface area contributed by atoms with Crippen LogP contribution in [-0.4, -0.2) is 46.9 Å². The van der Waals surface area contributed by atoms with Crippen molar-refractivity contribution in [1.82, 2.24) is 9.80 Å². The monoisotopic (exact) mass is 276 g/mol. The van der Waals surface area contributed by atoms with E-state index in [9.17, 15) is 10.1 Å². The van der Waals surface area contributed by atoms with E-state index < -0.39 is 4.92 Å². The summed E-state index contributed by atoms with van der Waals surface area (Å²) in [5.41, 5.74) is 7.02. The van der Waals surface area contributed by atoms with E-state index in [1.54, 1.807) is 6.07 Å². The summed E-state index contributed by atoms with van der Waals surface area (Å²) in [6.45, 7) is 5.21. The van der Waals surface area contributed by atoms with Crippen LogP contribution in [0.3, 0.4) is 0 Å². The Morgan fingerprint density at radius 1 is 1.25 bits per heavy atom. The van der Waals surface area contributed by atoms with Gasteiger partial charge >= 0.3 is 0 Å². The number of benzene rings is 1. The third-order valence-corrected chi connectivity index (χ3v) is 4.16. The summed E-state index contributed by atoms with van der Waals surface area (Å²) < 4.78 is 0. The van der Waals surface area contributed by atoms with E-state index in [4.69, 9.17) is 5.73 Å². The van der Waals surface area contributed by atoms with Gasteiger partial charge in [0.05, 0.1) is 4.92 Å². The molecule has 2 aliphatic rings. The lowest BCUT2D eigenvalue weighted by molar-refractivity contribution is -0.383. The van der Waals surface area contributed by atoms with Crippen LogP contribution in [0.15, 0.2) is 18.2 Å². The first kappa shape index (κ1) is 13.3. The fourth-order valence-corrected chi connectivity index (χ4v) is 2.85. The first-order valence-corrected chi connectivity index (χ1v) is 7.12. The molecule has 0 spiro atoms. The van der Waals surface area contributed by atoms with E-state index in [1.807, 2.05) is 6.07 Å². The molecule has 1 saturated heterocycles. The standard InChI is InChI=1S/C14H20N4O2/c15-13-9-11(1-4-14(13)18(19)20)10-16-5-7-17(8-6-16)12-2-3-12/h1,4,9,12H,2-3,5-8,10,15H2. The lowest BCUT2D eigenvalue weighted by atomic mass is 10.1. The highest BCUT2D eigenvalue weighted by molar-refractivity contribution is 5.59. The predicted molar refractivity (Wildman–Crippen MR) is 77.4 cm³/mol. The number of hydrogen-bond donors (Lipinski definition) is 1. The van der Waals surface area contributed by atoms with Gasteiger partial charge in [-0.2, -0.15) is 0 Å². The molecular formula is C14H20N4O2. The Morgan fingerprint density at radius 3 is 2.50 bits per heavy atom. The molecule has 1 heterocycles. The predicted octanol–water partition coefficient (Wildman–Crippen LogP) is 1.46. The molecule has 6 nitrogen and oxygen atoms in total. The molecule has 1 aromatic carbocycles. The molecule has 1 aliphatic heterocycles. The number of nitrogens with zero attached hydrogens (tertiary/aromatic N) is 3.